The number of nitrogens with one attached hydrogen (secondary N) is 1. The Bertz CT molecular complexity index is 395. The summed E-state index contributed by atoms with van der Waals surface area (Å²) in [5.41, 5.74) is 0. The van der Waals surface area contributed by atoms with Crippen LogP contribution in [0.25, 0.3) is 0 Å². The van der Waals surface area contributed by atoms with Crippen molar-refractivity contribution in [2.45, 2.75) is 44.8 Å². The highest BCUT2D eigenvalue weighted by atomic mass is 35.5. The summed E-state index contributed by atoms with van der Waals surface area (Å²) in [5, 5.41) is 3.56. The highest BCUT2D eigenvalue weighted by molar-refractivity contribution is 6.30. The third-order valence-corrected chi connectivity index (χ3v) is 3.31. The molecule has 0 heterocycles. The fraction of sp³-hybridized carbons (Fsp3) is 0.571. The summed E-state index contributed by atoms with van der Waals surface area (Å²) in [4.78, 5) is 0. The van der Waals surface area contributed by atoms with E-state index in [9.17, 15) is 4.39 Å². The van der Waals surface area contributed by atoms with E-state index in [-0.39, 0.29) is 11.1 Å². The maximum Gasteiger partial charge on any atom is 0.142 e. The Balaban J connectivity index is 1.90. The van der Waals surface area contributed by atoms with Crippen molar-refractivity contribution in [3.63, 3.8) is 0 Å². The van der Waals surface area contributed by atoms with E-state index in [0.29, 0.717) is 11.8 Å². The van der Waals surface area contributed by atoms with Gasteiger partial charge in [0.1, 0.15) is 17.7 Å². The van der Waals surface area contributed by atoms with Gasteiger partial charge in [0.15, 0.2) is 0 Å². The lowest BCUT2D eigenvalue weighted by Gasteiger charge is -2.19. The first-order chi connectivity index (χ1) is 8.69. The van der Waals surface area contributed by atoms with Gasteiger partial charge in [-0.2, -0.15) is 0 Å². The molecule has 2 nitrogen and oxygen atoms in total. The van der Waals surface area contributed by atoms with Crippen molar-refractivity contribution < 1.29 is 9.13 Å². The Hall–Kier alpha value is -0.800. The summed E-state index contributed by atoms with van der Waals surface area (Å²) in [7, 11) is 0. The third-order valence-electron chi connectivity index (χ3n) is 3.02. The molecule has 0 bridgehead atoms. The van der Waals surface area contributed by atoms with Crippen molar-refractivity contribution in [1.82, 2.24) is 5.32 Å². The van der Waals surface area contributed by atoms with E-state index in [0.717, 1.165) is 19.4 Å². The molecular formula is C14H19ClFNO. The van der Waals surface area contributed by atoms with Crippen molar-refractivity contribution in [2.75, 3.05) is 6.54 Å². The molecule has 1 saturated carbocycles. The molecule has 100 valence electrons. The molecule has 0 aromatic heterocycles. The molecule has 0 spiro atoms. The summed E-state index contributed by atoms with van der Waals surface area (Å²) < 4.78 is 18.9. The molecule has 1 atom stereocenters. The van der Waals surface area contributed by atoms with Gasteiger partial charge in [-0.05, 0) is 31.4 Å². The monoisotopic (exact) mass is 271 g/mol. The molecule has 0 saturated heterocycles. The Morgan fingerprint density at radius 1 is 1.50 bits per heavy atom. The predicted octanol–water partition coefficient (Wildman–Crippen LogP) is 3.78. The first-order valence-corrected chi connectivity index (χ1v) is 6.92. The van der Waals surface area contributed by atoms with E-state index in [1.807, 2.05) is 0 Å². The van der Waals surface area contributed by atoms with Crippen LogP contribution in [0.4, 0.5) is 4.39 Å². The molecule has 0 amide bonds. The zero-order chi connectivity index (χ0) is 13.0. The number of ether oxygens (including phenoxy) is 1. The van der Waals surface area contributed by atoms with Crippen molar-refractivity contribution in [1.29, 1.82) is 0 Å². The van der Waals surface area contributed by atoms with Crippen LogP contribution >= 0.6 is 11.6 Å². The van der Waals surface area contributed by atoms with Crippen molar-refractivity contribution >= 4 is 11.6 Å². The minimum atomic E-state index is -0.410. The van der Waals surface area contributed by atoms with Crippen LogP contribution in [0.1, 0.15) is 32.6 Å². The number of halogens is 2. The van der Waals surface area contributed by atoms with Crippen LogP contribution in [-0.2, 0) is 0 Å². The second-order valence-corrected chi connectivity index (χ2v) is 5.19. The molecule has 1 N–H and O–H groups in total. The largest absolute Gasteiger partial charge is 0.489 e. The van der Waals surface area contributed by atoms with Gasteiger partial charge in [-0.15, -0.1) is 0 Å². The van der Waals surface area contributed by atoms with Crippen molar-refractivity contribution in [3.8, 4) is 5.75 Å². The minimum Gasteiger partial charge on any atom is -0.489 e. The molecule has 0 aliphatic heterocycles. The Labute approximate surface area is 112 Å². The van der Waals surface area contributed by atoms with Crippen LogP contribution in [0.2, 0.25) is 5.02 Å². The maximum absolute atomic E-state index is 13.0. The van der Waals surface area contributed by atoms with Gasteiger partial charge in [0.25, 0.3) is 0 Å². The molecule has 1 unspecified atom stereocenters. The third kappa shape index (κ3) is 4.14. The average molecular weight is 272 g/mol. The molecule has 0 radical (unpaired) electrons. The Morgan fingerprint density at radius 3 is 2.89 bits per heavy atom. The van der Waals surface area contributed by atoms with E-state index in [2.05, 4.69) is 12.2 Å². The Morgan fingerprint density at radius 2 is 2.28 bits per heavy atom. The topological polar surface area (TPSA) is 21.3 Å². The fourth-order valence-electron chi connectivity index (χ4n) is 1.85. The number of benzene rings is 1. The van der Waals surface area contributed by atoms with Crippen LogP contribution in [0, 0.1) is 5.82 Å². The summed E-state index contributed by atoms with van der Waals surface area (Å²) in [6.07, 6.45) is 4.69. The van der Waals surface area contributed by atoms with E-state index in [1.165, 1.54) is 25.0 Å². The minimum absolute atomic E-state index is 0.109. The van der Waals surface area contributed by atoms with Gasteiger partial charge in [0.2, 0.25) is 0 Å². The van der Waals surface area contributed by atoms with Crippen molar-refractivity contribution in [3.05, 3.63) is 29.0 Å². The van der Waals surface area contributed by atoms with Crippen molar-refractivity contribution in [2.24, 2.45) is 0 Å². The average Bonchev–Trinajstić information content (AvgIpc) is 3.15. The number of rotatable bonds is 7. The van der Waals surface area contributed by atoms with Crippen LogP contribution < -0.4 is 10.1 Å². The first kappa shape index (κ1) is 13.6. The SMILES string of the molecule is CCCC(CNC1CC1)Oc1ccc(F)c(Cl)c1. The summed E-state index contributed by atoms with van der Waals surface area (Å²) in [6.45, 7) is 2.97. The summed E-state index contributed by atoms with van der Waals surface area (Å²) >= 11 is 5.74. The first-order valence-electron chi connectivity index (χ1n) is 6.54. The number of hydrogen-bond acceptors (Lipinski definition) is 2. The molecular weight excluding hydrogens is 253 g/mol. The zero-order valence-electron chi connectivity index (χ0n) is 10.6. The van der Waals surface area contributed by atoms with Gasteiger partial charge in [-0.3, -0.25) is 0 Å². The lowest BCUT2D eigenvalue weighted by atomic mass is 10.2. The van der Waals surface area contributed by atoms with E-state index < -0.39 is 5.82 Å². The molecule has 18 heavy (non-hydrogen) atoms. The smallest absolute Gasteiger partial charge is 0.142 e. The van der Waals surface area contributed by atoms with E-state index >= 15 is 0 Å². The molecule has 2 rings (SSSR count). The standard InChI is InChI=1S/C14H19ClFNO/c1-2-3-12(9-17-10-4-5-10)18-11-6-7-14(16)13(15)8-11/h6-8,10,12,17H,2-5,9H2,1H3. The lowest BCUT2D eigenvalue weighted by molar-refractivity contribution is 0.186. The molecule has 1 aliphatic carbocycles. The summed E-state index contributed by atoms with van der Waals surface area (Å²) in [5.74, 6) is 0.226. The number of hydrogen-bond donors (Lipinski definition) is 1. The van der Waals surface area contributed by atoms with Gasteiger partial charge < -0.3 is 10.1 Å². The van der Waals surface area contributed by atoms with Gasteiger partial charge in [0, 0.05) is 18.7 Å². The molecule has 1 aromatic carbocycles. The van der Waals surface area contributed by atoms with E-state index in [1.54, 1.807) is 6.07 Å². The van der Waals surface area contributed by atoms with E-state index in [4.69, 9.17) is 16.3 Å². The molecule has 1 aromatic rings. The van der Waals surface area contributed by atoms with Crippen LogP contribution in [0.3, 0.4) is 0 Å². The van der Waals surface area contributed by atoms with Crippen LogP contribution in [0.5, 0.6) is 5.75 Å². The Kier molecular flexibility index (Phi) is 4.84. The molecule has 1 aliphatic rings. The molecule has 1 fully saturated rings. The highest BCUT2D eigenvalue weighted by Gasteiger charge is 2.22. The predicted molar refractivity (Wildman–Crippen MR) is 71.8 cm³/mol. The maximum atomic E-state index is 13.0. The quantitative estimate of drug-likeness (QED) is 0.815. The fourth-order valence-corrected chi connectivity index (χ4v) is 2.02. The van der Waals surface area contributed by atoms with Gasteiger partial charge in [0.05, 0.1) is 5.02 Å². The van der Waals surface area contributed by atoms with Gasteiger partial charge >= 0.3 is 0 Å². The zero-order valence-corrected chi connectivity index (χ0v) is 11.3. The van der Waals surface area contributed by atoms with Crippen LogP contribution in [-0.4, -0.2) is 18.7 Å². The van der Waals surface area contributed by atoms with Crippen LogP contribution in [0.15, 0.2) is 18.2 Å². The normalized spacial score (nSPS) is 16.6. The highest BCUT2D eigenvalue weighted by Crippen LogP contribution is 2.23. The molecule has 4 heteroatoms. The van der Waals surface area contributed by atoms with Gasteiger partial charge in [-0.1, -0.05) is 24.9 Å². The summed E-state index contributed by atoms with van der Waals surface area (Å²) in [6, 6.07) is 5.18. The second-order valence-electron chi connectivity index (χ2n) is 4.79. The second kappa shape index (κ2) is 6.39. The van der Waals surface area contributed by atoms with Gasteiger partial charge in [-0.25, -0.2) is 4.39 Å². The lowest BCUT2D eigenvalue weighted by Crippen LogP contribution is -2.32.